The number of benzene rings is 2. The summed E-state index contributed by atoms with van der Waals surface area (Å²) >= 11 is 6.04. The van der Waals surface area contributed by atoms with E-state index in [1.165, 1.54) is 11.1 Å². The van der Waals surface area contributed by atoms with Gasteiger partial charge in [-0.25, -0.2) is 0 Å². The zero-order valence-electron chi connectivity index (χ0n) is 13.2. The van der Waals surface area contributed by atoms with Crippen LogP contribution in [0.5, 0.6) is 0 Å². The quantitative estimate of drug-likeness (QED) is 0.832. The summed E-state index contributed by atoms with van der Waals surface area (Å²) in [5.74, 6) is 0.318. The Hall–Kier alpha value is -1.64. The summed E-state index contributed by atoms with van der Waals surface area (Å²) < 4.78 is 0. The van der Waals surface area contributed by atoms with Crippen molar-refractivity contribution in [3.8, 4) is 0 Å². The molecule has 2 nitrogen and oxygen atoms in total. The topological polar surface area (TPSA) is 29.1 Å². The van der Waals surface area contributed by atoms with Gasteiger partial charge in [-0.05, 0) is 48.1 Å². The van der Waals surface area contributed by atoms with E-state index in [1.54, 1.807) is 0 Å². The molecule has 3 rings (SSSR count). The van der Waals surface area contributed by atoms with Crippen molar-refractivity contribution in [2.75, 3.05) is 13.1 Å². The average Bonchev–Trinajstić information content (AvgIpc) is 2.57. The monoisotopic (exact) mass is 327 g/mol. The summed E-state index contributed by atoms with van der Waals surface area (Å²) in [4.78, 5) is 11.5. The second-order valence-electron chi connectivity index (χ2n) is 6.45. The molecule has 0 bridgehead atoms. The second-order valence-corrected chi connectivity index (χ2v) is 6.89. The first-order valence-corrected chi connectivity index (χ1v) is 8.55. The first-order chi connectivity index (χ1) is 11.2. The highest BCUT2D eigenvalue weighted by molar-refractivity contribution is 6.30. The van der Waals surface area contributed by atoms with E-state index in [0.29, 0.717) is 12.3 Å². The first-order valence-electron chi connectivity index (χ1n) is 8.17. The first kappa shape index (κ1) is 16.2. The summed E-state index contributed by atoms with van der Waals surface area (Å²) in [6.45, 7) is 1.87. The Morgan fingerprint density at radius 2 is 1.87 bits per heavy atom. The smallest absolute Gasteiger partial charge is 0.120 e. The molecular weight excluding hydrogens is 306 g/mol. The van der Waals surface area contributed by atoms with Crippen LogP contribution in [-0.4, -0.2) is 19.4 Å². The van der Waals surface area contributed by atoms with Crippen molar-refractivity contribution in [1.29, 1.82) is 0 Å². The molecule has 0 radical (unpaired) electrons. The number of aldehydes is 1. The third-order valence-corrected chi connectivity index (χ3v) is 5.30. The normalized spacial score (nSPS) is 24.3. The Morgan fingerprint density at radius 3 is 2.57 bits per heavy atom. The van der Waals surface area contributed by atoms with E-state index < -0.39 is 0 Å². The van der Waals surface area contributed by atoms with Gasteiger partial charge in [0.25, 0.3) is 0 Å². The van der Waals surface area contributed by atoms with Gasteiger partial charge in [0.1, 0.15) is 6.29 Å². The van der Waals surface area contributed by atoms with Crippen molar-refractivity contribution < 1.29 is 4.79 Å². The van der Waals surface area contributed by atoms with Gasteiger partial charge in [0.15, 0.2) is 0 Å². The highest BCUT2D eigenvalue weighted by Crippen LogP contribution is 2.45. The van der Waals surface area contributed by atoms with Crippen molar-refractivity contribution in [3.05, 3.63) is 70.7 Å². The Kier molecular flexibility index (Phi) is 5.14. The Morgan fingerprint density at radius 1 is 1.13 bits per heavy atom. The number of carbonyl (C=O) groups excluding carboxylic acids is 1. The Bertz CT molecular complexity index is 640. The van der Waals surface area contributed by atoms with E-state index in [1.807, 2.05) is 18.2 Å². The fraction of sp³-hybridized carbons (Fsp3) is 0.350. The lowest BCUT2D eigenvalue weighted by Crippen LogP contribution is -2.45. The van der Waals surface area contributed by atoms with Crippen LogP contribution >= 0.6 is 11.6 Å². The van der Waals surface area contributed by atoms with Gasteiger partial charge < -0.3 is 10.1 Å². The Labute approximate surface area is 142 Å². The van der Waals surface area contributed by atoms with Crippen molar-refractivity contribution in [1.82, 2.24) is 5.32 Å². The number of nitrogens with one attached hydrogen (secondary N) is 1. The zero-order valence-corrected chi connectivity index (χ0v) is 13.9. The predicted octanol–water partition coefficient (Wildman–Crippen LogP) is 4.24. The lowest BCUT2D eigenvalue weighted by Gasteiger charge is -2.44. The summed E-state index contributed by atoms with van der Waals surface area (Å²) in [6.07, 6.45) is 3.63. The van der Waals surface area contributed by atoms with Crippen LogP contribution in [0.3, 0.4) is 0 Å². The van der Waals surface area contributed by atoms with Gasteiger partial charge >= 0.3 is 0 Å². The van der Waals surface area contributed by atoms with Crippen LogP contribution in [0.15, 0.2) is 54.6 Å². The molecule has 2 aromatic carbocycles. The lowest BCUT2D eigenvalue weighted by atomic mass is 9.63. The second kappa shape index (κ2) is 7.29. The number of hydrogen-bond acceptors (Lipinski definition) is 2. The van der Waals surface area contributed by atoms with Crippen molar-refractivity contribution in [2.24, 2.45) is 5.41 Å². The van der Waals surface area contributed by atoms with Gasteiger partial charge in [-0.15, -0.1) is 0 Å². The van der Waals surface area contributed by atoms with E-state index in [-0.39, 0.29) is 5.41 Å². The van der Waals surface area contributed by atoms with Gasteiger partial charge in [0.05, 0.1) is 0 Å². The molecule has 120 valence electrons. The summed E-state index contributed by atoms with van der Waals surface area (Å²) in [5.41, 5.74) is 2.54. The molecule has 3 heteroatoms. The van der Waals surface area contributed by atoms with Gasteiger partial charge in [0.2, 0.25) is 0 Å². The highest BCUT2D eigenvalue weighted by atomic mass is 35.5. The van der Waals surface area contributed by atoms with Crippen LogP contribution in [-0.2, 0) is 11.2 Å². The van der Waals surface area contributed by atoms with E-state index in [9.17, 15) is 4.79 Å². The minimum absolute atomic E-state index is 0.0256. The third-order valence-electron chi connectivity index (χ3n) is 5.05. The molecule has 2 atom stereocenters. The maximum atomic E-state index is 11.5. The minimum atomic E-state index is -0.0256. The molecule has 0 aromatic heterocycles. The molecule has 0 spiro atoms. The lowest BCUT2D eigenvalue weighted by molar-refractivity contribution is -0.110. The summed E-state index contributed by atoms with van der Waals surface area (Å²) in [5, 5.41) is 4.25. The fourth-order valence-corrected chi connectivity index (χ4v) is 3.96. The van der Waals surface area contributed by atoms with Crippen LogP contribution in [0.2, 0.25) is 5.02 Å². The molecule has 0 unspecified atom stereocenters. The SMILES string of the molecule is O=CC[C@]1(Cc2ccccc2)CCNC[C@@H]1c1ccc(Cl)cc1. The standard InChI is InChI=1S/C20H22ClNO/c21-18-8-6-17(7-9-18)19-15-22-12-10-20(19,11-13-23)14-16-4-2-1-3-5-16/h1-9,13,19,22H,10-12,14-15H2/t19-,20+/m1/s1. The van der Waals surface area contributed by atoms with Crippen molar-refractivity contribution in [2.45, 2.75) is 25.2 Å². The van der Waals surface area contributed by atoms with Crippen LogP contribution in [0.25, 0.3) is 0 Å². The van der Waals surface area contributed by atoms with E-state index in [2.05, 4.69) is 41.7 Å². The zero-order chi connectivity index (χ0) is 16.1. The molecule has 23 heavy (non-hydrogen) atoms. The molecule has 0 saturated carbocycles. The van der Waals surface area contributed by atoms with Crippen molar-refractivity contribution >= 4 is 17.9 Å². The maximum Gasteiger partial charge on any atom is 0.120 e. The largest absolute Gasteiger partial charge is 0.316 e. The molecule has 1 heterocycles. The number of piperidine rings is 1. The molecule has 0 aliphatic carbocycles. The predicted molar refractivity (Wildman–Crippen MR) is 94.9 cm³/mol. The molecule has 1 aliphatic rings. The molecular formula is C20H22ClNO. The van der Waals surface area contributed by atoms with Gasteiger partial charge in [0, 0.05) is 23.9 Å². The van der Waals surface area contributed by atoms with Crippen LogP contribution < -0.4 is 5.32 Å². The highest BCUT2D eigenvalue weighted by Gasteiger charge is 2.41. The summed E-state index contributed by atoms with van der Waals surface area (Å²) in [6, 6.07) is 18.6. The van der Waals surface area contributed by atoms with Gasteiger partial charge in [-0.1, -0.05) is 54.1 Å². The Balaban J connectivity index is 1.96. The molecule has 0 amide bonds. The molecule has 1 saturated heterocycles. The molecule has 2 aromatic rings. The average molecular weight is 328 g/mol. The number of rotatable bonds is 5. The fourth-order valence-electron chi connectivity index (χ4n) is 3.84. The molecule has 1 N–H and O–H groups in total. The minimum Gasteiger partial charge on any atom is -0.316 e. The third kappa shape index (κ3) is 3.65. The van der Waals surface area contributed by atoms with Gasteiger partial charge in [-0.3, -0.25) is 0 Å². The molecule has 1 fully saturated rings. The number of carbonyl (C=O) groups is 1. The molecule has 1 aliphatic heterocycles. The number of halogens is 1. The van der Waals surface area contributed by atoms with E-state index in [4.69, 9.17) is 11.6 Å². The van der Waals surface area contributed by atoms with Crippen LogP contribution in [0.4, 0.5) is 0 Å². The van der Waals surface area contributed by atoms with E-state index in [0.717, 1.165) is 37.2 Å². The van der Waals surface area contributed by atoms with Gasteiger partial charge in [-0.2, -0.15) is 0 Å². The van der Waals surface area contributed by atoms with Crippen molar-refractivity contribution in [3.63, 3.8) is 0 Å². The van der Waals surface area contributed by atoms with Crippen LogP contribution in [0.1, 0.15) is 29.9 Å². The van der Waals surface area contributed by atoms with Crippen LogP contribution in [0, 0.1) is 5.41 Å². The van der Waals surface area contributed by atoms with E-state index >= 15 is 0 Å². The number of hydrogen-bond donors (Lipinski definition) is 1. The summed E-state index contributed by atoms with van der Waals surface area (Å²) in [7, 11) is 0. The maximum absolute atomic E-state index is 11.5.